The lowest BCUT2D eigenvalue weighted by molar-refractivity contribution is -0.133. The number of carboxylic acids is 1. The molecule has 1 aromatic carbocycles. The van der Waals surface area contributed by atoms with Crippen molar-refractivity contribution in [1.82, 2.24) is 14.8 Å². The molecule has 0 radical (unpaired) electrons. The monoisotopic (exact) mass is 307 g/mol. The third-order valence-electron chi connectivity index (χ3n) is 2.82. The number of methoxy groups -OCH3 is 1. The number of aryl methyl sites for hydroxylation is 1. The van der Waals surface area contributed by atoms with Gasteiger partial charge in [0.2, 0.25) is 0 Å². The zero-order valence-electron chi connectivity index (χ0n) is 11.9. The van der Waals surface area contributed by atoms with Crippen LogP contribution in [0.15, 0.2) is 29.4 Å². The van der Waals surface area contributed by atoms with Crippen LogP contribution in [0.5, 0.6) is 5.75 Å². The van der Waals surface area contributed by atoms with Gasteiger partial charge >= 0.3 is 5.97 Å². The molecule has 0 spiro atoms. The summed E-state index contributed by atoms with van der Waals surface area (Å²) in [5.74, 6) is 0.563. The first-order chi connectivity index (χ1) is 10.2. The molecular formula is C14H17N3O3S. The summed E-state index contributed by atoms with van der Waals surface area (Å²) in [4.78, 5) is 10.8. The number of hydrogen-bond acceptors (Lipinski definition) is 5. The number of carbonyl (C=O) groups is 1. The van der Waals surface area contributed by atoms with Gasteiger partial charge in [0.25, 0.3) is 0 Å². The van der Waals surface area contributed by atoms with E-state index in [9.17, 15) is 4.79 Å². The number of rotatable bonds is 7. The number of aliphatic carboxylic acids is 1. The molecule has 0 bridgehead atoms. The van der Waals surface area contributed by atoms with Crippen molar-refractivity contribution in [3.63, 3.8) is 0 Å². The van der Waals surface area contributed by atoms with Gasteiger partial charge in [-0.25, -0.2) is 0 Å². The van der Waals surface area contributed by atoms with Gasteiger partial charge in [-0.3, -0.25) is 9.36 Å². The molecule has 1 N–H and O–H groups in total. The van der Waals surface area contributed by atoms with E-state index in [4.69, 9.17) is 9.84 Å². The number of thioether (sulfide) groups is 1. The molecule has 0 aliphatic rings. The Labute approximate surface area is 127 Å². The van der Waals surface area contributed by atoms with Crippen LogP contribution in [0.1, 0.15) is 19.2 Å². The van der Waals surface area contributed by atoms with E-state index in [1.165, 1.54) is 0 Å². The Morgan fingerprint density at radius 3 is 2.81 bits per heavy atom. The highest BCUT2D eigenvalue weighted by Crippen LogP contribution is 2.28. The van der Waals surface area contributed by atoms with E-state index in [1.54, 1.807) is 7.11 Å². The van der Waals surface area contributed by atoms with Crippen molar-refractivity contribution in [3.8, 4) is 11.4 Å². The summed E-state index contributed by atoms with van der Waals surface area (Å²) in [5, 5.41) is 17.7. The molecular weight excluding hydrogens is 290 g/mol. The summed E-state index contributed by atoms with van der Waals surface area (Å²) in [5.41, 5.74) is 0.821. The summed E-state index contributed by atoms with van der Waals surface area (Å²) in [6, 6.07) is 7.55. The van der Waals surface area contributed by atoms with Gasteiger partial charge in [-0.1, -0.05) is 30.8 Å². The molecule has 7 heteroatoms. The molecule has 6 nitrogen and oxygen atoms in total. The molecule has 0 aliphatic carbocycles. The Bertz CT molecular complexity index is 628. The quantitative estimate of drug-likeness (QED) is 0.792. The topological polar surface area (TPSA) is 77.2 Å². The molecule has 1 aromatic heterocycles. The van der Waals surface area contributed by atoms with Gasteiger partial charge in [-0.05, 0) is 18.6 Å². The Balaban J connectivity index is 2.47. The first-order valence-corrected chi connectivity index (χ1v) is 7.58. The van der Waals surface area contributed by atoms with Crippen LogP contribution in [0.25, 0.3) is 5.69 Å². The zero-order valence-corrected chi connectivity index (χ0v) is 12.8. The summed E-state index contributed by atoms with van der Waals surface area (Å²) in [6.45, 7) is 2.06. The van der Waals surface area contributed by atoms with Crippen molar-refractivity contribution >= 4 is 17.7 Å². The fourth-order valence-corrected chi connectivity index (χ4v) is 2.65. The molecule has 1 heterocycles. The molecule has 0 unspecified atom stereocenters. The molecule has 0 amide bonds. The summed E-state index contributed by atoms with van der Waals surface area (Å²) < 4.78 is 7.25. The third-order valence-corrected chi connectivity index (χ3v) is 3.74. The number of nitrogens with zero attached hydrogens (tertiary/aromatic N) is 3. The normalized spacial score (nSPS) is 10.6. The SMILES string of the molecule is CCCc1nnc(SCC(=O)O)n1-c1ccccc1OC. The Morgan fingerprint density at radius 1 is 1.38 bits per heavy atom. The van der Waals surface area contributed by atoms with Crippen LogP contribution in [-0.2, 0) is 11.2 Å². The number of hydrogen-bond donors (Lipinski definition) is 1. The first-order valence-electron chi connectivity index (χ1n) is 6.59. The third kappa shape index (κ3) is 3.55. The molecule has 2 aromatic rings. The predicted octanol–water partition coefficient (Wildman–Crippen LogP) is 2.41. The van der Waals surface area contributed by atoms with Gasteiger partial charge in [0.15, 0.2) is 5.16 Å². The van der Waals surface area contributed by atoms with Crippen LogP contribution in [0.3, 0.4) is 0 Å². The number of para-hydroxylation sites is 2. The molecule has 2 rings (SSSR count). The second kappa shape index (κ2) is 7.12. The number of carboxylic acid groups (broad SMARTS) is 1. The number of ether oxygens (including phenoxy) is 1. The Morgan fingerprint density at radius 2 is 2.14 bits per heavy atom. The van der Waals surface area contributed by atoms with Crippen molar-refractivity contribution in [2.75, 3.05) is 12.9 Å². The van der Waals surface area contributed by atoms with Crippen LogP contribution in [0, 0.1) is 0 Å². The van der Waals surface area contributed by atoms with Crippen molar-refractivity contribution in [2.24, 2.45) is 0 Å². The summed E-state index contributed by atoms with van der Waals surface area (Å²) in [6.07, 6.45) is 1.69. The second-order valence-corrected chi connectivity index (χ2v) is 5.28. The fraction of sp³-hybridized carbons (Fsp3) is 0.357. The smallest absolute Gasteiger partial charge is 0.313 e. The zero-order chi connectivity index (χ0) is 15.2. The van der Waals surface area contributed by atoms with Gasteiger partial charge in [0.05, 0.1) is 18.6 Å². The van der Waals surface area contributed by atoms with Crippen LogP contribution in [0.2, 0.25) is 0 Å². The standard InChI is InChI=1S/C14H17N3O3S/c1-3-6-12-15-16-14(21-9-13(18)19)17(12)10-7-4-5-8-11(10)20-2/h4-5,7-8H,3,6,9H2,1-2H3,(H,18,19). The molecule has 0 saturated carbocycles. The van der Waals surface area contributed by atoms with Gasteiger partial charge in [0, 0.05) is 6.42 Å². The number of benzene rings is 1. The van der Waals surface area contributed by atoms with Crippen LogP contribution in [0.4, 0.5) is 0 Å². The lowest BCUT2D eigenvalue weighted by Crippen LogP contribution is -2.06. The largest absolute Gasteiger partial charge is 0.495 e. The predicted molar refractivity (Wildman–Crippen MR) is 80.3 cm³/mol. The minimum atomic E-state index is -0.883. The molecule has 0 aliphatic heterocycles. The van der Waals surface area contributed by atoms with Crippen molar-refractivity contribution in [2.45, 2.75) is 24.9 Å². The van der Waals surface area contributed by atoms with Gasteiger partial charge in [-0.2, -0.15) is 0 Å². The summed E-state index contributed by atoms with van der Waals surface area (Å²) >= 11 is 1.15. The molecule has 112 valence electrons. The minimum Gasteiger partial charge on any atom is -0.495 e. The highest BCUT2D eigenvalue weighted by Gasteiger charge is 2.17. The van der Waals surface area contributed by atoms with Crippen molar-refractivity contribution in [1.29, 1.82) is 0 Å². The molecule has 21 heavy (non-hydrogen) atoms. The average Bonchev–Trinajstić information content (AvgIpc) is 2.88. The Hall–Kier alpha value is -2.02. The molecule has 0 atom stereocenters. The van der Waals surface area contributed by atoms with E-state index < -0.39 is 5.97 Å². The molecule has 0 saturated heterocycles. The maximum atomic E-state index is 10.8. The first kappa shape index (κ1) is 15.4. The van der Waals surface area contributed by atoms with Crippen LogP contribution < -0.4 is 4.74 Å². The van der Waals surface area contributed by atoms with Gasteiger partial charge < -0.3 is 9.84 Å². The maximum absolute atomic E-state index is 10.8. The Kier molecular flexibility index (Phi) is 5.21. The number of aromatic nitrogens is 3. The van der Waals surface area contributed by atoms with Gasteiger partial charge in [-0.15, -0.1) is 10.2 Å². The van der Waals surface area contributed by atoms with E-state index in [2.05, 4.69) is 17.1 Å². The fourth-order valence-electron chi connectivity index (χ4n) is 1.96. The van der Waals surface area contributed by atoms with Crippen molar-refractivity contribution < 1.29 is 14.6 Å². The maximum Gasteiger partial charge on any atom is 0.313 e. The lowest BCUT2D eigenvalue weighted by atomic mass is 10.2. The van der Waals surface area contributed by atoms with Crippen LogP contribution in [-0.4, -0.2) is 38.7 Å². The average molecular weight is 307 g/mol. The minimum absolute atomic E-state index is 0.0561. The van der Waals surface area contributed by atoms with E-state index in [0.29, 0.717) is 10.9 Å². The van der Waals surface area contributed by atoms with Gasteiger partial charge in [0.1, 0.15) is 11.6 Å². The lowest BCUT2D eigenvalue weighted by Gasteiger charge is -2.13. The van der Waals surface area contributed by atoms with Crippen LogP contribution >= 0.6 is 11.8 Å². The van der Waals surface area contributed by atoms with E-state index in [0.717, 1.165) is 36.1 Å². The van der Waals surface area contributed by atoms with E-state index in [-0.39, 0.29) is 5.75 Å². The molecule has 0 fully saturated rings. The van der Waals surface area contributed by atoms with Crippen molar-refractivity contribution in [3.05, 3.63) is 30.1 Å². The highest BCUT2D eigenvalue weighted by atomic mass is 32.2. The van der Waals surface area contributed by atoms with E-state index >= 15 is 0 Å². The van der Waals surface area contributed by atoms with E-state index in [1.807, 2.05) is 28.8 Å². The summed E-state index contributed by atoms with van der Waals surface area (Å²) in [7, 11) is 1.60. The second-order valence-electron chi connectivity index (χ2n) is 4.34. The highest BCUT2D eigenvalue weighted by molar-refractivity contribution is 7.99.